The van der Waals surface area contributed by atoms with E-state index in [0.29, 0.717) is 5.92 Å². The molecular weight excluding hydrogens is 408 g/mol. The lowest BCUT2D eigenvalue weighted by Gasteiger charge is -2.43. The van der Waals surface area contributed by atoms with Gasteiger partial charge in [0.2, 0.25) is 5.91 Å². The van der Waals surface area contributed by atoms with Crippen molar-refractivity contribution in [2.75, 3.05) is 19.7 Å². The number of hydrogen-bond donors (Lipinski definition) is 2. The molecule has 0 bridgehead atoms. The summed E-state index contributed by atoms with van der Waals surface area (Å²) in [5.74, 6) is 0.778. The zero-order valence-corrected chi connectivity index (χ0v) is 20.3. The second-order valence-electron chi connectivity index (χ2n) is 10.9. The summed E-state index contributed by atoms with van der Waals surface area (Å²) in [6.45, 7) is 5.52. The third-order valence-electron chi connectivity index (χ3n) is 7.90. The monoisotopic (exact) mass is 448 g/mol. The molecular formula is C29H40N2O2. The van der Waals surface area contributed by atoms with Crippen molar-refractivity contribution in [1.82, 2.24) is 4.90 Å². The van der Waals surface area contributed by atoms with Crippen molar-refractivity contribution < 1.29 is 9.90 Å². The Kier molecular flexibility index (Phi) is 7.25. The Hall–Kier alpha value is -2.17. The summed E-state index contributed by atoms with van der Waals surface area (Å²) in [4.78, 5) is 16.1. The fourth-order valence-electron chi connectivity index (χ4n) is 6.24. The molecule has 2 fully saturated rings. The van der Waals surface area contributed by atoms with Crippen molar-refractivity contribution in [3.63, 3.8) is 0 Å². The van der Waals surface area contributed by atoms with Gasteiger partial charge in [-0.25, -0.2) is 0 Å². The Bertz CT molecular complexity index is 922. The molecule has 1 amide bonds. The largest absolute Gasteiger partial charge is 0.395 e. The molecule has 3 N–H and O–H groups in total. The van der Waals surface area contributed by atoms with Gasteiger partial charge in [0.25, 0.3) is 0 Å². The van der Waals surface area contributed by atoms with E-state index in [9.17, 15) is 9.90 Å². The summed E-state index contributed by atoms with van der Waals surface area (Å²) in [6, 6.07) is 18.7. The molecule has 1 saturated heterocycles. The molecule has 1 aliphatic heterocycles. The van der Waals surface area contributed by atoms with Gasteiger partial charge in [-0.15, -0.1) is 0 Å². The fourth-order valence-corrected chi connectivity index (χ4v) is 6.24. The number of carbonyl (C=O) groups excluding carboxylic acids is 1. The van der Waals surface area contributed by atoms with Crippen LogP contribution in [0.25, 0.3) is 0 Å². The number of rotatable bonds is 7. The number of aliphatic hydroxyl groups excluding tert-OH is 1. The molecule has 33 heavy (non-hydrogen) atoms. The predicted octanol–water partition coefficient (Wildman–Crippen LogP) is 4.79. The van der Waals surface area contributed by atoms with Crippen LogP contribution >= 0.6 is 0 Å². The highest BCUT2D eigenvalue weighted by atomic mass is 16.3. The Morgan fingerprint density at radius 2 is 1.58 bits per heavy atom. The average molecular weight is 449 g/mol. The van der Waals surface area contributed by atoms with Crippen molar-refractivity contribution in [2.24, 2.45) is 11.7 Å². The maximum Gasteiger partial charge on any atom is 0.235 e. The average Bonchev–Trinajstić information content (AvgIpc) is 3.35. The minimum absolute atomic E-state index is 0.116. The number of amides is 1. The van der Waals surface area contributed by atoms with Crippen LogP contribution in [0, 0.1) is 5.92 Å². The zero-order chi connectivity index (χ0) is 23.5. The molecule has 1 unspecified atom stereocenters. The van der Waals surface area contributed by atoms with Crippen molar-refractivity contribution >= 4 is 5.91 Å². The molecule has 1 heterocycles. The quantitative estimate of drug-likeness (QED) is 0.640. The molecule has 1 saturated carbocycles. The number of nitrogens with zero attached hydrogens (tertiary/aromatic N) is 1. The van der Waals surface area contributed by atoms with Crippen LogP contribution < -0.4 is 5.73 Å². The first kappa shape index (κ1) is 24.0. The first-order valence-electron chi connectivity index (χ1n) is 12.7. The van der Waals surface area contributed by atoms with Gasteiger partial charge in [0.05, 0.1) is 6.61 Å². The molecule has 2 aromatic carbocycles. The maximum atomic E-state index is 14.1. The smallest absolute Gasteiger partial charge is 0.235 e. The minimum Gasteiger partial charge on any atom is -0.395 e. The van der Waals surface area contributed by atoms with E-state index in [0.717, 1.165) is 63.6 Å². The number of hydrogen-bond acceptors (Lipinski definition) is 3. The molecule has 1 aliphatic carbocycles. The van der Waals surface area contributed by atoms with Gasteiger partial charge >= 0.3 is 0 Å². The van der Waals surface area contributed by atoms with Crippen molar-refractivity contribution in [3.05, 3.63) is 71.3 Å². The molecule has 0 aromatic heterocycles. The predicted molar refractivity (Wildman–Crippen MR) is 134 cm³/mol. The second kappa shape index (κ2) is 9.99. The molecule has 4 rings (SSSR count). The van der Waals surface area contributed by atoms with E-state index in [1.54, 1.807) is 0 Å². The van der Waals surface area contributed by atoms with E-state index in [-0.39, 0.29) is 24.0 Å². The summed E-state index contributed by atoms with van der Waals surface area (Å²) >= 11 is 0. The van der Waals surface area contributed by atoms with Gasteiger partial charge in [-0.2, -0.15) is 0 Å². The second-order valence-corrected chi connectivity index (χ2v) is 10.9. The minimum atomic E-state index is -0.813. The molecule has 2 aliphatic rings. The molecule has 0 radical (unpaired) electrons. The third-order valence-corrected chi connectivity index (χ3v) is 7.90. The highest BCUT2D eigenvalue weighted by molar-refractivity contribution is 5.89. The van der Waals surface area contributed by atoms with Gasteiger partial charge in [0.15, 0.2) is 0 Å². The standard InChI is InChI=1S/C29H40N2O2/c1-28(2,30)20-23-10-6-9-15-26(23)22-16-18-31(19-17-22)27(33)29(21-32,25-13-7-8-14-25)24-11-4-3-5-12-24/h3-6,9-12,15,22,25,32H,7-8,13-14,16-21,30H2,1-2H3. The molecule has 4 nitrogen and oxygen atoms in total. The fraction of sp³-hybridized carbons (Fsp3) is 0.552. The Morgan fingerprint density at radius 1 is 0.970 bits per heavy atom. The summed E-state index contributed by atoms with van der Waals surface area (Å²) in [6.07, 6.45) is 7.07. The normalized spacial score (nSPS) is 20.1. The summed E-state index contributed by atoms with van der Waals surface area (Å²) in [5.41, 5.74) is 8.96. The Balaban J connectivity index is 1.54. The summed E-state index contributed by atoms with van der Waals surface area (Å²) in [7, 11) is 0. The van der Waals surface area contributed by atoms with E-state index in [2.05, 4.69) is 38.1 Å². The van der Waals surface area contributed by atoms with Crippen LogP contribution in [0.2, 0.25) is 0 Å². The van der Waals surface area contributed by atoms with Crippen molar-refractivity contribution in [3.8, 4) is 0 Å². The van der Waals surface area contributed by atoms with Crippen LogP contribution in [-0.2, 0) is 16.6 Å². The van der Waals surface area contributed by atoms with Gasteiger partial charge < -0.3 is 15.7 Å². The Morgan fingerprint density at radius 3 is 2.18 bits per heavy atom. The van der Waals surface area contributed by atoms with Gasteiger partial charge in [0, 0.05) is 18.6 Å². The first-order valence-corrected chi connectivity index (χ1v) is 12.7. The van der Waals surface area contributed by atoms with Gasteiger partial charge in [-0.3, -0.25) is 4.79 Å². The summed E-state index contributed by atoms with van der Waals surface area (Å²) in [5, 5.41) is 10.7. The van der Waals surface area contributed by atoms with Crippen LogP contribution in [0.3, 0.4) is 0 Å². The first-order chi connectivity index (χ1) is 15.8. The molecule has 0 spiro atoms. The van der Waals surface area contributed by atoms with E-state index < -0.39 is 5.41 Å². The van der Waals surface area contributed by atoms with E-state index in [1.165, 1.54) is 11.1 Å². The van der Waals surface area contributed by atoms with Gasteiger partial charge in [-0.05, 0) is 74.5 Å². The van der Waals surface area contributed by atoms with Crippen LogP contribution in [0.4, 0.5) is 0 Å². The van der Waals surface area contributed by atoms with Crippen LogP contribution in [-0.4, -0.2) is 41.1 Å². The van der Waals surface area contributed by atoms with Gasteiger partial charge in [-0.1, -0.05) is 67.4 Å². The highest BCUT2D eigenvalue weighted by Gasteiger charge is 2.49. The lowest BCUT2D eigenvalue weighted by molar-refractivity contribution is -0.143. The van der Waals surface area contributed by atoms with E-state index in [1.807, 2.05) is 35.2 Å². The van der Waals surface area contributed by atoms with E-state index >= 15 is 0 Å². The SMILES string of the molecule is CC(C)(N)Cc1ccccc1C1CCN(C(=O)C(CO)(c2ccccc2)C2CCCC2)CC1. The van der Waals surface area contributed by atoms with E-state index in [4.69, 9.17) is 5.73 Å². The molecule has 4 heteroatoms. The number of carbonyl (C=O) groups is 1. The van der Waals surface area contributed by atoms with Crippen LogP contribution in [0.5, 0.6) is 0 Å². The number of benzene rings is 2. The third kappa shape index (κ3) is 5.02. The molecule has 178 valence electrons. The maximum absolute atomic E-state index is 14.1. The van der Waals surface area contributed by atoms with Crippen LogP contribution in [0.15, 0.2) is 54.6 Å². The summed E-state index contributed by atoms with van der Waals surface area (Å²) < 4.78 is 0. The lowest BCUT2D eigenvalue weighted by Crippen LogP contribution is -2.54. The number of likely N-dealkylation sites (tertiary alicyclic amines) is 1. The number of aliphatic hydroxyl groups is 1. The Labute approximate surface area is 199 Å². The molecule has 1 atom stereocenters. The van der Waals surface area contributed by atoms with Gasteiger partial charge in [0.1, 0.15) is 5.41 Å². The number of nitrogens with two attached hydrogens (primary N) is 1. The lowest BCUT2D eigenvalue weighted by atomic mass is 9.68. The number of piperidine rings is 1. The topological polar surface area (TPSA) is 66.6 Å². The van der Waals surface area contributed by atoms with Crippen molar-refractivity contribution in [1.29, 1.82) is 0 Å². The van der Waals surface area contributed by atoms with Crippen molar-refractivity contribution in [2.45, 2.75) is 75.7 Å². The molecule has 2 aromatic rings. The van der Waals surface area contributed by atoms with Crippen LogP contribution in [0.1, 0.15) is 75.0 Å². The highest BCUT2D eigenvalue weighted by Crippen LogP contribution is 2.44. The zero-order valence-electron chi connectivity index (χ0n) is 20.3.